The van der Waals surface area contributed by atoms with Gasteiger partial charge in [-0.15, -0.1) is 5.10 Å². The van der Waals surface area contributed by atoms with Gasteiger partial charge in [0, 0.05) is 6.54 Å². The van der Waals surface area contributed by atoms with Gasteiger partial charge in [0.1, 0.15) is 5.60 Å². The molecule has 1 atom stereocenters. The highest BCUT2D eigenvalue weighted by Crippen LogP contribution is 2.19. The molecule has 0 saturated carbocycles. The summed E-state index contributed by atoms with van der Waals surface area (Å²) in [5.74, 6) is 5.15. The molecule has 0 radical (unpaired) electrons. The number of hydrogen-bond donors (Lipinski definition) is 4. The molecule has 6 heteroatoms. The molecule has 12 heavy (non-hydrogen) atoms. The smallest absolute Gasteiger partial charge is 0.213 e. The molecule has 1 saturated heterocycles. The van der Waals surface area contributed by atoms with Crippen LogP contribution >= 0.6 is 0 Å². The first-order valence-corrected chi connectivity index (χ1v) is 3.73. The number of aliphatic hydroxyl groups is 2. The summed E-state index contributed by atoms with van der Waals surface area (Å²) in [7, 11) is 0. The Labute approximate surface area is 70.5 Å². The molecule has 0 aromatic rings. The number of hydrazone groups is 1. The van der Waals surface area contributed by atoms with Crippen molar-refractivity contribution in [3.63, 3.8) is 0 Å². The first-order chi connectivity index (χ1) is 5.61. The molecule has 1 aliphatic heterocycles. The SMILES string of the molecule is N/N=C(\N)N1CCC(O)(CO)C1. The van der Waals surface area contributed by atoms with Crippen molar-refractivity contribution >= 4 is 5.96 Å². The van der Waals surface area contributed by atoms with Crippen molar-refractivity contribution in [2.45, 2.75) is 12.0 Å². The molecule has 0 bridgehead atoms. The Hall–Kier alpha value is -1.01. The van der Waals surface area contributed by atoms with Crippen molar-refractivity contribution in [1.82, 2.24) is 4.90 Å². The van der Waals surface area contributed by atoms with E-state index in [0.29, 0.717) is 13.0 Å². The second-order valence-corrected chi connectivity index (χ2v) is 3.04. The first-order valence-electron chi connectivity index (χ1n) is 3.73. The minimum atomic E-state index is -1.05. The van der Waals surface area contributed by atoms with Crippen LogP contribution < -0.4 is 11.6 Å². The van der Waals surface area contributed by atoms with Crippen LogP contribution in [0.5, 0.6) is 0 Å². The predicted molar refractivity (Wildman–Crippen MR) is 44.0 cm³/mol. The minimum absolute atomic E-state index is 0.194. The lowest BCUT2D eigenvalue weighted by Crippen LogP contribution is -2.42. The average Bonchev–Trinajstić information content (AvgIpc) is 2.48. The van der Waals surface area contributed by atoms with Gasteiger partial charge in [-0.3, -0.25) is 0 Å². The summed E-state index contributed by atoms with van der Waals surface area (Å²) in [5, 5.41) is 21.7. The lowest BCUT2D eigenvalue weighted by molar-refractivity contribution is -0.00143. The number of nitrogens with two attached hydrogens (primary N) is 2. The zero-order chi connectivity index (χ0) is 9.19. The number of nitrogens with zero attached hydrogens (tertiary/aromatic N) is 2. The van der Waals surface area contributed by atoms with Gasteiger partial charge in [-0.05, 0) is 6.42 Å². The van der Waals surface area contributed by atoms with Crippen molar-refractivity contribution < 1.29 is 10.2 Å². The summed E-state index contributed by atoms with van der Waals surface area (Å²) in [5.41, 5.74) is 4.37. The van der Waals surface area contributed by atoms with Gasteiger partial charge < -0.3 is 26.7 Å². The number of hydrogen-bond acceptors (Lipinski definition) is 4. The van der Waals surface area contributed by atoms with Crippen LogP contribution in [0.4, 0.5) is 0 Å². The molecule has 1 rings (SSSR count). The summed E-state index contributed by atoms with van der Waals surface area (Å²) in [4.78, 5) is 1.64. The van der Waals surface area contributed by atoms with E-state index in [1.807, 2.05) is 0 Å². The largest absolute Gasteiger partial charge is 0.393 e. The van der Waals surface area contributed by atoms with Crippen LogP contribution in [0.1, 0.15) is 6.42 Å². The molecule has 1 heterocycles. The van der Waals surface area contributed by atoms with Crippen LogP contribution in [0.2, 0.25) is 0 Å². The van der Waals surface area contributed by atoms with E-state index in [9.17, 15) is 5.11 Å². The Bertz CT molecular complexity index is 196. The van der Waals surface area contributed by atoms with Crippen LogP contribution in [-0.4, -0.2) is 46.4 Å². The van der Waals surface area contributed by atoms with Gasteiger partial charge in [0.05, 0.1) is 13.2 Å². The molecule has 0 aromatic heterocycles. The molecule has 1 fully saturated rings. The second kappa shape index (κ2) is 3.16. The third-order valence-corrected chi connectivity index (χ3v) is 2.08. The molecular weight excluding hydrogens is 160 g/mol. The van der Waals surface area contributed by atoms with E-state index < -0.39 is 5.60 Å². The predicted octanol–water partition coefficient (Wildman–Crippen LogP) is -2.40. The van der Waals surface area contributed by atoms with Crippen LogP contribution in [0.25, 0.3) is 0 Å². The molecule has 6 N–H and O–H groups in total. The molecule has 6 nitrogen and oxygen atoms in total. The topological polar surface area (TPSA) is 108 Å². The normalized spacial score (nSPS) is 31.2. The van der Waals surface area contributed by atoms with E-state index >= 15 is 0 Å². The zero-order valence-electron chi connectivity index (χ0n) is 6.77. The highest BCUT2D eigenvalue weighted by Gasteiger charge is 2.36. The van der Waals surface area contributed by atoms with Crippen molar-refractivity contribution in [3.8, 4) is 0 Å². The monoisotopic (exact) mass is 174 g/mol. The molecule has 0 spiro atoms. The standard InChI is InChI=1S/C6H14N4O2/c7-5(9-8)10-2-1-6(12,3-10)4-11/h11-12H,1-4,8H2,(H2,7,9). The highest BCUT2D eigenvalue weighted by molar-refractivity contribution is 5.78. The second-order valence-electron chi connectivity index (χ2n) is 3.04. The third-order valence-electron chi connectivity index (χ3n) is 2.08. The Morgan fingerprint density at radius 1 is 1.67 bits per heavy atom. The van der Waals surface area contributed by atoms with E-state index in [2.05, 4.69) is 5.10 Å². The van der Waals surface area contributed by atoms with Gasteiger partial charge in [0.2, 0.25) is 5.96 Å². The fourth-order valence-electron chi connectivity index (χ4n) is 1.26. The highest BCUT2D eigenvalue weighted by atomic mass is 16.3. The Morgan fingerprint density at radius 2 is 2.33 bits per heavy atom. The van der Waals surface area contributed by atoms with Crippen LogP contribution in [-0.2, 0) is 0 Å². The fraction of sp³-hybridized carbons (Fsp3) is 0.833. The van der Waals surface area contributed by atoms with Crippen molar-refractivity contribution in [2.24, 2.45) is 16.7 Å². The number of β-amino-alcohol motifs (C(OH)–C–C–N with tert-alkyl or cyclic N) is 1. The summed E-state index contributed by atoms with van der Waals surface area (Å²) in [6.07, 6.45) is 0.486. The summed E-state index contributed by atoms with van der Waals surface area (Å²) in [6.45, 7) is 0.598. The van der Waals surface area contributed by atoms with E-state index in [-0.39, 0.29) is 19.1 Å². The Kier molecular flexibility index (Phi) is 2.39. The summed E-state index contributed by atoms with van der Waals surface area (Å²) in [6, 6.07) is 0. The van der Waals surface area contributed by atoms with Gasteiger partial charge in [0.15, 0.2) is 0 Å². The molecule has 0 aromatic carbocycles. The molecule has 70 valence electrons. The van der Waals surface area contributed by atoms with E-state index in [4.69, 9.17) is 16.7 Å². The maximum absolute atomic E-state index is 9.57. The van der Waals surface area contributed by atoms with Gasteiger partial charge >= 0.3 is 0 Å². The van der Waals surface area contributed by atoms with Gasteiger partial charge in [-0.25, -0.2) is 0 Å². The minimum Gasteiger partial charge on any atom is -0.393 e. The summed E-state index contributed by atoms with van der Waals surface area (Å²) < 4.78 is 0. The van der Waals surface area contributed by atoms with Crippen molar-refractivity contribution in [3.05, 3.63) is 0 Å². The molecule has 0 aliphatic carbocycles. The lowest BCUT2D eigenvalue weighted by Gasteiger charge is -2.20. The number of aliphatic hydroxyl groups excluding tert-OH is 1. The fourth-order valence-corrected chi connectivity index (χ4v) is 1.26. The summed E-state index contributed by atoms with van der Waals surface area (Å²) >= 11 is 0. The maximum Gasteiger partial charge on any atom is 0.213 e. The van der Waals surface area contributed by atoms with Crippen LogP contribution in [0, 0.1) is 0 Å². The zero-order valence-corrected chi connectivity index (χ0v) is 6.77. The molecule has 1 aliphatic rings. The van der Waals surface area contributed by atoms with Gasteiger partial charge in [-0.2, -0.15) is 0 Å². The Morgan fingerprint density at radius 3 is 2.75 bits per heavy atom. The molecular formula is C6H14N4O2. The quantitative estimate of drug-likeness (QED) is 0.153. The third kappa shape index (κ3) is 1.59. The van der Waals surface area contributed by atoms with E-state index in [0.717, 1.165) is 0 Å². The first kappa shape index (κ1) is 9.08. The molecule has 0 amide bonds. The number of guanidine groups is 1. The number of rotatable bonds is 1. The lowest BCUT2D eigenvalue weighted by atomic mass is 10.1. The van der Waals surface area contributed by atoms with E-state index in [1.165, 1.54) is 0 Å². The van der Waals surface area contributed by atoms with Crippen LogP contribution in [0.3, 0.4) is 0 Å². The maximum atomic E-state index is 9.57. The van der Waals surface area contributed by atoms with E-state index in [1.54, 1.807) is 4.90 Å². The molecule has 1 unspecified atom stereocenters. The van der Waals surface area contributed by atoms with Gasteiger partial charge in [0.25, 0.3) is 0 Å². The average molecular weight is 174 g/mol. The van der Waals surface area contributed by atoms with Crippen LogP contribution in [0.15, 0.2) is 5.10 Å². The number of likely N-dealkylation sites (tertiary alicyclic amines) is 1. The Balaban J connectivity index is 2.56. The van der Waals surface area contributed by atoms with Crippen molar-refractivity contribution in [1.29, 1.82) is 0 Å². The van der Waals surface area contributed by atoms with Crippen molar-refractivity contribution in [2.75, 3.05) is 19.7 Å². The van der Waals surface area contributed by atoms with Gasteiger partial charge in [-0.1, -0.05) is 0 Å².